The predicted octanol–water partition coefficient (Wildman–Crippen LogP) is 0.310. The number of carbonyl (C=O) groups excluding carboxylic acids is 4. The molecule has 3 saturated heterocycles. The summed E-state index contributed by atoms with van der Waals surface area (Å²) in [6, 6.07) is 0.590. The molecule has 0 bridgehead atoms. The average molecular weight is 633 g/mol. The van der Waals surface area contributed by atoms with E-state index in [1.54, 1.807) is 19.1 Å². The lowest BCUT2D eigenvalue weighted by molar-refractivity contribution is -0.147. The number of ether oxygens (including phenoxy) is 2. The highest BCUT2D eigenvalue weighted by molar-refractivity contribution is 5.86. The summed E-state index contributed by atoms with van der Waals surface area (Å²) >= 11 is 0. The maximum Gasteiger partial charge on any atom is 0.325 e. The van der Waals surface area contributed by atoms with Crippen molar-refractivity contribution in [3.63, 3.8) is 0 Å². The van der Waals surface area contributed by atoms with Gasteiger partial charge in [0.1, 0.15) is 6.54 Å². The highest BCUT2D eigenvalue weighted by atomic mass is 16.5. The summed E-state index contributed by atoms with van der Waals surface area (Å²) in [4.78, 5) is 53.2. The SMILES string of the molecule is CNC1CC2CC2CN(C2CC2)C1=O.CNC1CC2CC2CN(CC(=O)OC)C1=O.CNC1CC2CC2CN(CCOC)C1=O. The fourth-order valence-corrected chi connectivity index (χ4v) is 7.61. The number of likely N-dealkylation sites (tertiary alicyclic amines) is 3. The predicted molar refractivity (Wildman–Crippen MR) is 169 cm³/mol. The number of carbonyl (C=O) groups is 4. The van der Waals surface area contributed by atoms with E-state index in [4.69, 9.17) is 4.74 Å². The Morgan fingerprint density at radius 3 is 1.60 bits per heavy atom. The van der Waals surface area contributed by atoms with E-state index in [-0.39, 0.29) is 42.5 Å². The first-order chi connectivity index (χ1) is 21.7. The van der Waals surface area contributed by atoms with Crippen molar-refractivity contribution in [2.75, 3.05) is 74.7 Å². The Morgan fingerprint density at radius 2 is 1.13 bits per heavy atom. The molecule has 7 aliphatic rings. The first kappa shape index (κ1) is 34.1. The molecule has 3 aliphatic heterocycles. The molecule has 0 aromatic rings. The van der Waals surface area contributed by atoms with Crippen LogP contribution in [0.4, 0.5) is 0 Å². The molecular weight excluding hydrogens is 576 g/mol. The fourth-order valence-electron chi connectivity index (χ4n) is 7.61. The van der Waals surface area contributed by atoms with E-state index in [2.05, 4.69) is 25.6 Å². The third-order valence-corrected chi connectivity index (χ3v) is 11.1. The van der Waals surface area contributed by atoms with Gasteiger partial charge >= 0.3 is 5.97 Å². The van der Waals surface area contributed by atoms with Gasteiger partial charge in [-0.3, -0.25) is 19.2 Å². The smallest absolute Gasteiger partial charge is 0.325 e. The Morgan fingerprint density at radius 1 is 0.667 bits per heavy atom. The Balaban J connectivity index is 0.000000134. The van der Waals surface area contributed by atoms with Gasteiger partial charge < -0.3 is 40.1 Å². The molecule has 12 heteroatoms. The first-order valence-electron chi connectivity index (χ1n) is 17.2. The lowest BCUT2D eigenvalue weighted by Crippen LogP contribution is -2.46. The van der Waals surface area contributed by atoms with Crippen LogP contribution in [0.1, 0.15) is 51.4 Å². The molecule has 9 unspecified atom stereocenters. The topological polar surface area (TPSA) is 133 Å². The summed E-state index contributed by atoms with van der Waals surface area (Å²) in [7, 11) is 8.61. The molecule has 3 N–H and O–H groups in total. The maximum absolute atomic E-state index is 12.1. The van der Waals surface area contributed by atoms with Crippen LogP contribution in [0.2, 0.25) is 0 Å². The van der Waals surface area contributed by atoms with Crippen molar-refractivity contribution < 1.29 is 28.7 Å². The zero-order valence-electron chi connectivity index (χ0n) is 28.0. The van der Waals surface area contributed by atoms with Crippen molar-refractivity contribution >= 4 is 23.7 Å². The molecule has 0 spiro atoms. The molecule has 0 aromatic heterocycles. The van der Waals surface area contributed by atoms with Gasteiger partial charge in [-0.25, -0.2) is 0 Å². The number of methoxy groups -OCH3 is 2. The second kappa shape index (κ2) is 15.1. The first-order valence-corrected chi connectivity index (χ1v) is 17.2. The van der Waals surface area contributed by atoms with Gasteiger partial charge in [0.15, 0.2) is 0 Å². The van der Waals surface area contributed by atoms with Gasteiger partial charge in [-0.1, -0.05) is 0 Å². The zero-order chi connectivity index (χ0) is 32.2. The van der Waals surface area contributed by atoms with Crippen molar-refractivity contribution in [1.29, 1.82) is 0 Å². The number of fused-ring (bicyclic) bond motifs is 3. The Labute approximate surface area is 268 Å². The lowest BCUT2D eigenvalue weighted by Gasteiger charge is -2.25. The van der Waals surface area contributed by atoms with Crippen molar-refractivity contribution in [3.8, 4) is 0 Å². The number of hydrogen-bond acceptors (Lipinski definition) is 9. The molecular formula is C33H56N6O6. The minimum atomic E-state index is -0.345. The molecule has 254 valence electrons. The van der Waals surface area contributed by atoms with Crippen LogP contribution in [0, 0.1) is 35.5 Å². The van der Waals surface area contributed by atoms with E-state index in [0.717, 1.165) is 62.6 Å². The number of hydrogen-bond donors (Lipinski definition) is 3. The molecule has 12 nitrogen and oxygen atoms in total. The standard InChI is InChI=1S/C11H18N2O3.C11H20N2O2.C11H18N2O/c1-12-9-4-7-3-8(7)5-13(11(9)15)6-10(14)16-2;1-12-10-6-8-5-9(8)7-13(11(10)14)3-4-15-2;1-12-10-5-7-4-8(7)6-13(11(10)14)9-2-3-9/h7-9,12H,3-6H2,1-2H3;8-10,12H,3-7H2,1-2H3;7-10,12H,2-6H2,1H3. The van der Waals surface area contributed by atoms with Crippen molar-refractivity contribution in [1.82, 2.24) is 30.7 Å². The van der Waals surface area contributed by atoms with Gasteiger partial charge in [0, 0.05) is 39.3 Å². The molecule has 3 amide bonds. The maximum atomic E-state index is 12.1. The van der Waals surface area contributed by atoms with E-state index < -0.39 is 0 Å². The normalized spacial score (nSPS) is 36.4. The minimum absolute atomic E-state index is 0.0272. The number of nitrogens with zero attached hydrogens (tertiary/aromatic N) is 3. The van der Waals surface area contributed by atoms with Gasteiger partial charge in [-0.05, 0) is 108 Å². The van der Waals surface area contributed by atoms with Crippen LogP contribution in [0.25, 0.3) is 0 Å². The number of nitrogens with one attached hydrogen (secondary N) is 3. The molecule has 9 atom stereocenters. The van der Waals surface area contributed by atoms with Crippen LogP contribution in [-0.4, -0.2) is 137 Å². The van der Waals surface area contributed by atoms with Crippen molar-refractivity contribution in [2.45, 2.75) is 75.5 Å². The van der Waals surface area contributed by atoms with E-state index in [1.807, 2.05) is 19.0 Å². The van der Waals surface area contributed by atoms with Gasteiger partial charge in [0.2, 0.25) is 17.7 Å². The van der Waals surface area contributed by atoms with Crippen LogP contribution in [-0.2, 0) is 28.7 Å². The van der Waals surface area contributed by atoms with Gasteiger partial charge in [-0.2, -0.15) is 0 Å². The number of esters is 1. The Bertz CT molecular complexity index is 1070. The molecule has 7 fully saturated rings. The van der Waals surface area contributed by atoms with E-state index in [9.17, 15) is 19.2 Å². The van der Waals surface area contributed by atoms with Gasteiger partial charge in [0.25, 0.3) is 0 Å². The van der Waals surface area contributed by atoms with Crippen LogP contribution >= 0.6 is 0 Å². The summed E-state index contributed by atoms with van der Waals surface area (Å²) in [6.07, 6.45) is 9.30. The highest BCUT2D eigenvalue weighted by Crippen LogP contribution is 2.47. The summed E-state index contributed by atoms with van der Waals surface area (Å²) in [5.41, 5.74) is 0. The summed E-state index contributed by atoms with van der Waals surface area (Å²) in [6.45, 7) is 4.14. The summed E-state index contributed by atoms with van der Waals surface area (Å²) in [5.74, 6) is 4.74. The number of likely N-dealkylation sites (N-methyl/N-ethyl adjacent to an activating group) is 3. The van der Waals surface area contributed by atoms with Gasteiger partial charge in [0.05, 0.1) is 31.8 Å². The number of amides is 3. The fraction of sp³-hybridized carbons (Fsp3) is 0.879. The van der Waals surface area contributed by atoms with Crippen LogP contribution in [0.15, 0.2) is 0 Å². The third kappa shape index (κ3) is 8.75. The molecule has 3 heterocycles. The van der Waals surface area contributed by atoms with Crippen LogP contribution in [0.3, 0.4) is 0 Å². The molecule has 4 saturated carbocycles. The molecule has 4 aliphatic carbocycles. The Kier molecular flexibility index (Phi) is 11.4. The average Bonchev–Trinajstić information content (AvgIpc) is 3.82. The summed E-state index contributed by atoms with van der Waals surface area (Å²) < 4.78 is 9.64. The van der Waals surface area contributed by atoms with Gasteiger partial charge in [-0.15, -0.1) is 0 Å². The summed E-state index contributed by atoms with van der Waals surface area (Å²) in [5, 5.41) is 9.33. The van der Waals surface area contributed by atoms with E-state index in [0.29, 0.717) is 36.9 Å². The van der Waals surface area contributed by atoms with E-state index in [1.165, 1.54) is 39.2 Å². The lowest BCUT2D eigenvalue weighted by atomic mass is 10.1. The second-order valence-electron chi connectivity index (χ2n) is 14.3. The number of rotatable bonds is 9. The Hall–Kier alpha value is -2.28. The van der Waals surface area contributed by atoms with Crippen LogP contribution in [0.5, 0.6) is 0 Å². The quantitative estimate of drug-likeness (QED) is 0.308. The van der Waals surface area contributed by atoms with E-state index >= 15 is 0 Å². The minimum Gasteiger partial charge on any atom is -0.468 e. The monoisotopic (exact) mass is 632 g/mol. The van der Waals surface area contributed by atoms with Crippen LogP contribution < -0.4 is 16.0 Å². The molecule has 45 heavy (non-hydrogen) atoms. The second-order valence-corrected chi connectivity index (χ2v) is 14.3. The zero-order valence-corrected chi connectivity index (χ0v) is 28.0. The molecule has 0 radical (unpaired) electrons. The molecule has 0 aromatic carbocycles. The largest absolute Gasteiger partial charge is 0.468 e. The highest BCUT2D eigenvalue weighted by Gasteiger charge is 2.49. The molecule has 7 rings (SSSR count). The third-order valence-electron chi connectivity index (χ3n) is 11.1. The van der Waals surface area contributed by atoms with Crippen molar-refractivity contribution in [3.05, 3.63) is 0 Å². The van der Waals surface area contributed by atoms with Crippen molar-refractivity contribution in [2.24, 2.45) is 35.5 Å².